The molecule has 3 aromatic rings. The van der Waals surface area contributed by atoms with Gasteiger partial charge >= 0.3 is 0 Å². The van der Waals surface area contributed by atoms with Crippen molar-refractivity contribution in [2.24, 2.45) is 5.73 Å². The molecule has 0 saturated carbocycles. The molecule has 0 radical (unpaired) electrons. The maximum Gasteiger partial charge on any atom is 0.237 e. The minimum atomic E-state index is -0.550. The van der Waals surface area contributed by atoms with E-state index >= 15 is 0 Å². The van der Waals surface area contributed by atoms with E-state index in [9.17, 15) is 9.59 Å². The highest BCUT2D eigenvalue weighted by molar-refractivity contribution is 7.99. The first kappa shape index (κ1) is 20.8. The van der Waals surface area contributed by atoms with E-state index in [-0.39, 0.29) is 24.2 Å². The number of aromatic nitrogens is 3. The van der Waals surface area contributed by atoms with Crippen LogP contribution in [0.25, 0.3) is 11.6 Å². The van der Waals surface area contributed by atoms with Crippen LogP contribution in [0.4, 0.5) is 0 Å². The number of nitrogens with zero attached hydrogens (tertiary/aromatic N) is 3. The molecule has 4 rings (SSSR count). The first-order valence-corrected chi connectivity index (χ1v) is 10.6. The molecule has 3 heterocycles. The average molecular weight is 443 g/mol. The van der Waals surface area contributed by atoms with E-state index in [0.717, 1.165) is 17.3 Å². The Balaban J connectivity index is 1.40. The van der Waals surface area contributed by atoms with Crippen molar-refractivity contribution in [1.82, 2.24) is 20.1 Å². The van der Waals surface area contributed by atoms with Crippen LogP contribution in [-0.4, -0.2) is 45.5 Å². The van der Waals surface area contributed by atoms with Crippen LogP contribution in [-0.2, 0) is 16.1 Å². The second-order valence-electron chi connectivity index (χ2n) is 6.82. The van der Waals surface area contributed by atoms with Gasteiger partial charge in [-0.1, -0.05) is 17.8 Å². The van der Waals surface area contributed by atoms with Gasteiger partial charge in [0, 0.05) is 0 Å². The number of furan rings is 1. The number of nitrogens with one attached hydrogen (secondary N) is 1. The van der Waals surface area contributed by atoms with Gasteiger partial charge in [0.2, 0.25) is 17.6 Å². The van der Waals surface area contributed by atoms with Crippen molar-refractivity contribution >= 4 is 23.6 Å². The van der Waals surface area contributed by atoms with Crippen LogP contribution >= 0.6 is 11.8 Å². The average Bonchev–Trinajstić information content (AvgIpc) is 3.41. The highest BCUT2D eigenvalue weighted by Gasteiger charge is 2.20. The molecule has 1 atom stereocenters. The second-order valence-corrected chi connectivity index (χ2v) is 7.76. The lowest BCUT2D eigenvalue weighted by atomic mass is 10.1. The maximum absolute atomic E-state index is 12.5. The van der Waals surface area contributed by atoms with Gasteiger partial charge in [0.1, 0.15) is 19.8 Å². The van der Waals surface area contributed by atoms with Gasteiger partial charge in [0.05, 0.1) is 18.1 Å². The molecule has 3 N–H and O–H groups in total. The lowest BCUT2D eigenvalue weighted by Crippen LogP contribution is -2.28. The van der Waals surface area contributed by atoms with Gasteiger partial charge in [-0.2, -0.15) is 0 Å². The number of rotatable bonds is 8. The Hall–Kier alpha value is -3.47. The van der Waals surface area contributed by atoms with E-state index in [4.69, 9.17) is 19.6 Å². The number of carbonyl (C=O) groups is 2. The van der Waals surface area contributed by atoms with Gasteiger partial charge in [-0.05, 0) is 36.8 Å². The van der Waals surface area contributed by atoms with Crippen molar-refractivity contribution in [2.75, 3.05) is 19.0 Å². The van der Waals surface area contributed by atoms with Crippen LogP contribution in [0.15, 0.2) is 46.2 Å². The van der Waals surface area contributed by atoms with E-state index in [2.05, 4.69) is 15.5 Å². The Morgan fingerprint density at radius 1 is 1.23 bits per heavy atom. The summed E-state index contributed by atoms with van der Waals surface area (Å²) in [6, 6.07) is 8.78. The third-order valence-electron chi connectivity index (χ3n) is 4.55. The van der Waals surface area contributed by atoms with Gasteiger partial charge in [0.15, 0.2) is 22.4 Å². The monoisotopic (exact) mass is 443 g/mol. The highest BCUT2D eigenvalue weighted by atomic mass is 32.2. The largest absolute Gasteiger partial charge is 0.486 e. The maximum atomic E-state index is 12.5. The molecule has 1 aromatic carbocycles. The SMILES string of the molecule is CC(NC(=O)CSc1nnc(-c2ccco2)n1CC(N)=O)c1ccc2c(c1)OCCO2. The van der Waals surface area contributed by atoms with E-state index in [1.54, 1.807) is 12.1 Å². The predicted octanol–water partition coefficient (Wildman–Crippen LogP) is 1.76. The molecule has 0 spiro atoms. The van der Waals surface area contributed by atoms with E-state index in [0.29, 0.717) is 41.5 Å². The number of hydrogen-bond donors (Lipinski definition) is 2. The molecule has 10 nitrogen and oxygen atoms in total. The van der Waals surface area contributed by atoms with Crippen molar-refractivity contribution in [2.45, 2.75) is 24.7 Å². The van der Waals surface area contributed by atoms with Gasteiger partial charge in [0.25, 0.3) is 0 Å². The lowest BCUT2D eigenvalue weighted by molar-refractivity contribution is -0.119. The van der Waals surface area contributed by atoms with Crippen LogP contribution < -0.4 is 20.5 Å². The summed E-state index contributed by atoms with van der Waals surface area (Å²) in [4.78, 5) is 24.0. The summed E-state index contributed by atoms with van der Waals surface area (Å²) in [6.07, 6.45) is 1.50. The molecule has 162 valence electrons. The number of primary amides is 1. The quantitative estimate of drug-likeness (QED) is 0.503. The minimum Gasteiger partial charge on any atom is -0.486 e. The summed E-state index contributed by atoms with van der Waals surface area (Å²) in [5, 5.41) is 11.5. The molecule has 0 saturated heterocycles. The van der Waals surface area contributed by atoms with Crippen LogP contribution in [0.3, 0.4) is 0 Å². The number of fused-ring (bicyclic) bond motifs is 1. The van der Waals surface area contributed by atoms with Crippen molar-refractivity contribution < 1.29 is 23.5 Å². The topological polar surface area (TPSA) is 135 Å². The Bertz CT molecular complexity index is 1080. The molecule has 0 fully saturated rings. The molecule has 1 aliphatic rings. The molecule has 11 heteroatoms. The van der Waals surface area contributed by atoms with Gasteiger partial charge < -0.3 is 24.9 Å². The van der Waals surface area contributed by atoms with Crippen LogP contribution in [0.2, 0.25) is 0 Å². The summed E-state index contributed by atoms with van der Waals surface area (Å²) >= 11 is 1.16. The Morgan fingerprint density at radius 3 is 2.77 bits per heavy atom. The number of amides is 2. The zero-order valence-electron chi connectivity index (χ0n) is 16.7. The lowest BCUT2D eigenvalue weighted by Gasteiger charge is -2.21. The van der Waals surface area contributed by atoms with Crippen molar-refractivity contribution in [3.63, 3.8) is 0 Å². The van der Waals surface area contributed by atoms with Crippen LogP contribution in [0, 0.1) is 0 Å². The number of carbonyl (C=O) groups excluding carboxylic acids is 2. The first-order valence-electron chi connectivity index (χ1n) is 9.58. The molecular formula is C20H21N5O5S. The van der Waals surface area contributed by atoms with Crippen molar-refractivity contribution in [3.8, 4) is 23.1 Å². The van der Waals surface area contributed by atoms with E-state index < -0.39 is 5.91 Å². The molecule has 2 amide bonds. The van der Waals surface area contributed by atoms with Crippen molar-refractivity contribution in [3.05, 3.63) is 42.2 Å². The fraction of sp³-hybridized carbons (Fsp3) is 0.300. The normalized spacial score (nSPS) is 13.6. The number of thioether (sulfide) groups is 1. The molecule has 2 aromatic heterocycles. The molecule has 0 aliphatic carbocycles. The fourth-order valence-electron chi connectivity index (χ4n) is 3.11. The summed E-state index contributed by atoms with van der Waals surface area (Å²) in [7, 11) is 0. The van der Waals surface area contributed by atoms with E-state index in [1.165, 1.54) is 10.8 Å². The zero-order valence-corrected chi connectivity index (χ0v) is 17.6. The second kappa shape index (κ2) is 9.13. The van der Waals surface area contributed by atoms with E-state index in [1.807, 2.05) is 25.1 Å². The molecule has 0 bridgehead atoms. The van der Waals surface area contributed by atoms with Crippen LogP contribution in [0.5, 0.6) is 11.5 Å². The standard InChI is InChI=1S/C20H21N5O5S/c1-12(13-4-5-14-16(9-13)30-8-7-29-14)22-18(27)11-31-20-24-23-19(15-3-2-6-28-15)25(20)10-17(21)26/h2-6,9,12H,7-8,10-11H2,1H3,(H2,21,26)(H,22,27). The Morgan fingerprint density at radius 2 is 2.03 bits per heavy atom. The number of nitrogens with two attached hydrogens (primary N) is 1. The summed E-state index contributed by atoms with van der Waals surface area (Å²) in [5.74, 6) is 1.54. The smallest absolute Gasteiger partial charge is 0.237 e. The minimum absolute atomic E-state index is 0.0872. The van der Waals surface area contributed by atoms with Gasteiger partial charge in [-0.3, -0.25) is 14.2 Å². The third-order valence-corrected chi connectivity index (χ3v) is 5.52. The number of benzene rings is 1. The third kappa shape index (κ3) is 4.82. The number of hydrogen-bond acceptors (Lipinski definition) is 8. The molecule has 1 unspecified atom stereocenters. The molecule has 31 heavy (non-hydrogen) atoms. The fourth-order valence-corrected chi connectivity index (χ4v) is 3.86. The molecular weight excluding hydrogens is 422 g/mol. The summed E-state index contributed by atoms with van der Waals surface area (Å²) in [5.41, 5.74) is 6.26. The zero-order chi connectivity index (χ0) is 21.8. The predicted molar refractivity (Wildman–Crippen MR) is 112 cm³/mol. The summed E-state index contributed by atoms with van der Waals surface area (Å²) < 4.78 is 18.0. The van der Waals surface area contributed by atoms with Crippen LogP contribution in [0.1, 0.15) is 18.5 Å². The first-order chi connectivity index (χ1) is 15.0. The Kier molecular flexibility index (Phi) is 6.12. The van der Waals surface area contributed by atoms with Gasteiger partial charge in [-0.15, -0.1) is 10.2 Å². The summed E-state index contributed by atoms with van der Waals surface area (Å²) in [6.45, 7) is 2.79. The highest BCUT2D eigenvalue weighted by Crippen LogP contribution is 2.32. The number of ether oxygens (including phenoxy) is 2. The van der Waals surface area contributed by atoms with Crippen molar-refractivity contribution in [1.29, 1.82) is 0 Å². The Labute approximate surface area is 182 Å². The van der Waals surface area contributed by atoms with Gasteiger partial charge in [-0.25, -0.2) is 0 Å². The molecule has 1 aliphatic heterocycles.